The minimum Gasteiger partial charge on any atom is -0.306 e. The zero-order valence-electron chi connectivity index (χ0n) is 10.4. The lowest BCUT2D eigenvalue weighted by Gasteiger charge is -2.03. The lowest BCUT2D eigenvalue weighted by Crippen LogP contribution is -1.87. The molecule has 0 aromatic carbocycles. The molecule has 0 saturated heterocycles. The van der Waals surface area contributed by atoms with Crippen LogP contribution in [0.15, 0.2) is 52.2 Å². The van der Waals surface area contributed by atoms with Crippen LogP contribution in [0.5, 0.6) is 0 Å². The number of pyridine rings is 2. The molecule has 19 heavy (non-hydrogen) atoms. The summed E-state index contributed by atoms with van der Waals surface area (Å²) in [5.41, 5.74) is 2.78. The summed E-state index contributed by atoms with van der Waals surface area (Å²) in [6.45, 7) is 2.14. The van der Waals surface area contributed by atoms with Crippen molar-refractivity contribution in [2.45, 2.75) is 11.8 Å². The fraction of sp³-hybridized carbons (Fsp3) is 0.143. The van der Waals surface area contributed by atoms with Crippen LogP contribution in [0.2, 0.25) is 0 Å². The van der Waals surface area contributed by atoms with Crippen LogP contribution in [0.25, 0.3) is 17.0 Å². The fourth-order valence-corrected chi connectivity index (χ4v) is 3.03. The Morgan fingerprint density at radius 1 is 1.37 bits per heavy atom. The molecule has 3 nitrogen and oxygen atoms in total. The Bertz CT molecular complexity index is 724. The minimum atomic E-state index is 0.912. The molecule has 5 heteroatoms. The number of imidazole rings is 1. The second-order valence-corrected chi connectivity index (χ2v) is 6.24. The molecule has 0 spiro atoms. The smallest absolute Gasteiger partial charge is 0.138 e. The summed E-state index contributed by atoms with van der Waals surface area (Å²) in [4.78, 5) is 10.3. The number of rotatable bonds is 3. The fourth-order valence-electron chi connectivity index (χ4n) is 1.93. The van der Waals surface area contributed by atoms with Crippen molar-refractivity contribution in [3.05, 3.63) is 47.3 Å². The highest BCUT2D eigenvalue weighted by atomic mass is 79.9. The number of hydrogen-bond donors (Lipinski definition) is 0. The van der Waals surface area contributed by atoms with Crippen molar-refractivity contribution in [2.24, 2.45) is 0 Å². The van der Waals surface area contributed by atoms with E-state index in [0.717, 1.165) is 27.3 Å². The highest BCUT2D eigenvalue weighted by Gasteiger charge is 2.10. The molecule has 3 rings (SSSR count). The number of halogens is 1. The molecule has 0 aliphatic heterocycles. The zero-order valence-corrected chi connectivity index (χ0v) is 12.8. The standard InChI is InChI=1S/C14H12BrN3S/c1-2-19-12-4-3-6-16-14(12)11-9-18-7-5-10(15)8-13(18)17-11/h3-9H,2H2,1H3. The molecule has 0 amide bonds. The van der Waals surface area contributed by atoms with E-state index in [-0.39, 0.29) is 0 Å². The van der Waals surface area contributed by atoms with Crippen molar-refractivity contribution >= 4 is 33.3 Å². The van der Waals surface area contributed by atoms with Gasteiger partial charge in [0, 0.05) is 28.0 Å². The third-order valence-electron chi connectivity index (χ3n) is 2.74. The predicted molar refractivity (Wildman–Crippen MR) is 82.5 cm³/mol. The number of aromatic nitrogens is 3. The molecule has 0 unspecified atom stereocenters. The second kappa shape index (κ2) is 5.35. The summed E-state index contributed by atoms with van der Waals surface area (Å²) >= 11 is 5.25. The molecule has 0 fully saturated rings. The van der Waals surface area contributed by atoms with Crippen LogP contribution < -0.4 is 0 Å². The summed E-state index contributed by atoms with van der Waals surface area (Å²) in [6.07, 6.45) is 5.82. The Hall–Kier alpha value is -1.33. The topological polar surface area (TPSA) is 30.2 Å². The maximum atomic E-state index is 4.64. The second-order valence-electron chi connectivity index (χ2n) is 4.02. The van der Waals surface area contributed by atoms with Gasteiger partial charge in [-0.2, -0.15) is 0 Å². The van der Waals surface area contributed by atoms with E-state index in [9.17, 15) is 0 Å². The van der Waals surface area contributed by atoms with Gasteiger partial charge in [0.15, 0.2) is 0 Å². The summed E-state index contributed by atoms with van der Waals surface area (Å²) in [7, 11) is 0. The normalized spacial score (nSPS) is 11.1. The van der Waals surface area contributed by atoms with Crippen molar-refractivity contribution < 1.29 is 0 Å². The molecule has 3 aromatic heterocycles. The molecule has 0 saturated carbocycles. The van der Waals surface area contributed by atoms with E-state index in [1.54, 1.807) is 11.8 Å². The van der Waals surface area contributed by atoms with Crippen LogP contribution >= 0.6 is 27.7 Å². The van der Waals surface area contributed by atoms with Crippen molar-refractivity contribution in [1.29, 1.82) is 0 Å². The van der Waals surface area contributed by atoms with Gasteiger partial charge in [0.1, 0.15) is 17.0 Å². The first kappa shape index (κ1) is 12.7. The van der Waals surface area contributed by atoms with Crippen LogP contribution in [0, 0.1) is 0 Å². The first-order valence-electron chi connectivity index (χ1n) is 6.00. The van der Waals surface area contributed by atoms with Crippen LogP contribution in [-0.4, -0.2) is 20.1 Å². The predicted octanol–water partition coefficient (Wildman–Crippen LogP) is 4.27. The average molecular weight is 334 g/mol. The molecular formula is C14H12BrN3S. The first-order chi connectivity index (χ1) is 9.28. The van der Waals surface area contributed by atoms with Crippen molar-refractivity contribution in [3.63, 3.8) is 0 Å². The molecule has 96 valence electrons. The summed E-state index contributed by atoms with van der Waals surface area (Å²) in [5.74, 6) is 1.03. The van der Waals surface area contributed by atoms with E-state index in [0.29, 0.717) is 0 Å². The van der Waals surface area contributed by atoms with Gasteiger partial charge in [0.2, 0.25) is 0 Å². The highest BCUT2D eigenvalue weighted by molar-refractivity contribution is 9.10. The number of hydrogen-bond acceptors (Lipinski definition) is 3. The molecular weight excluding hydrogens is 322 g/mol. The minimum absolute atomic E-state index is 0.912. The van der Waals surface area contributed by atoms with E-state index < -0.39 is 0 Å². The van der Waals surface area contributed by atoms with Crippen LogP contribution in [-0.2, 0) is 0 Å². The molecule has 0 aliphatic carbocycles. The summed E-state index contributed by atoms with van der Waals surface area (Å²) in [6, 6.07) is 8.06. The maximum absolute atomic E-state index is 4.64. The summed E-state index contributed by atoms with van der Waals surface area (Å²) < 4.78 is 3.04. The van der Waals surface area contributed by atoms with E-state index in [1.165, 1.54) is 4.90 Å². The van der Waals surface area contributed by atoms with Gasteiger partial charge in [-0.1, -0.05) is 22.9 Å². The lowest BCUT2D eigenvalue weighted by molar-refractivity contribution is 1.18. The van der Waals surface area contributed by atoms with E-state index >= 15 is 0 Å². The molecule has 0 radical (unpaired) electrons. The molecule has 3 aromatic rings. The Labute approximate surface area is 124 Å². The molecule has 3 heterocycles. The Morgan fingerprint density at radius 2 is 2.26 bits per heavy atom. The molecule has 0 bridgehead atoms. The SMILES string of the molecule is CCSc1cccnc1-c1cn2ccc(Br)cc2n1. The summed E-state index contributed by atoms with van der Waals surface area (Å²) in [5, 5.41) is 0. The monoisotopic (exact) mass is 333 g/mol. The van der Waals surface area contributed by atoms with Gasteiger partial charge < -0.3 is 4.40 Å². The molecule has 0 atom stereocenters. The Kier molecular flexibility index (Phi) is 3.57. The van der Waals surface area contributed by atoms with Crippen molar-refractivity contribution in [2.75, 3.05) is 5.75 Å². The average Bonchev–Trinajstić information content (AvgIpc) is 2.82. The van der Waals surface area contributed by atoms with E-state index in [4.69, 9.17) is 0 Å². The van der Waals surface area contributed by atoms with Gasteiger partial charge in [-0.05, 0) is 30.0 Å². The lowest BCUT2D eigenvalue weighted by atomic mass is 10.3. The van der Waals surface area contributed by atoms with Gasteiger partial charge in [-0.3, -0.25) is 4.98 Å². The highest BCUT2D eigenvalue weighted by Crippen LogP contribution is 2.29. The van der Waals surface area contributed by atoms with Gasteiger partial charge in [-0.15, -0.1) is 11.8 Å². The van der Waals surface area contributed by atoms with E-state index in [1.807, 2.05) is 41.2 Å². The quantitative estimate of drug-likeness (QED) is 0.670. The van der Waals surface area contributed by atoms with Gasteiger partial charge >= 0.3 is 0 Å². The number of thioether (sulfide) groups is 1. The number of nitrogens with zero attached hydrogens (tertiary/aromatic N) is 3. The van der Waals surface area contributed by atoms with Gasteiger partial charge in [0.05, 0.1) is 0 Å². The van der Waals surface area contributed by atoms with Crippen LogP contribution in [0.1, 0.15) is 6.92 Å². The third-order valence-corrected chi connectivity index (χ3v) is 4.16. The number of fused-ring (bicyclic) bond motifs is 1. The van der Waals surface area contributed by atoms with Crippen molar-refractivity contribution in [3.8, 4) is 11.4 Å². The maximum Gasteiger partial charge on any atom is 0.138 e. The van der Waals surface area contributed by atoms with Crippen LogP contribution in [0.3, 0.4) is 0 Å². The Morgan fingerprint density at radius 3 is 3.11 bits per heavy atom. The third kappa shape index (κ3) is 2.53. The van der Waals surface area contributed by atoms with Gasteiger partial charge in [-0.25, -0.2) is 4.98 Å². The van der Waals surface area contributed by atoms with Crippen LogP contribution in [0.4, 0.5) is 0 Å². The molecule has 0 N–H and O–H groups in total. The zero-order chi connectivity index (χ0) is 13.2. The van der Waals surface area contributed by atoms with Crippen molar-refractivity contribution in [1.82, 2.24) is 14.4 Å². The first-order valence-corrected chi connectivity index (χ1v) is 7.78. The molecule has 0 aliphatic rings. The largest absolute Gasteiger partial charge is 0.306 e. The Balaban J connectivity index is 2.13. The van der Waals surface area contributed by atoms with E-state index in [2.05, 4.69) is 38.9 Å². The van der Waals surface area contributed by atoms with Gasteiger partial charge in [0.25, 0.3) is 0 Å².